The van der Waals surface area contributed by atoms with E-state index in [2.05, 4.69) is 20.7 Å². The summed E-state index contributed by atoms with van der Waals surface area (Å²) in [5, 5.41) is 0. The van der Waals surface area contributed by atoms with Gasteiger partial charge < -0.3 is 4.74 Å². The number of halogens is 2. The van der Waals surface area contributed by atoms with Crippen LogP contribution in [0.4, 0.5) is 10.1 Å². The summed E-state index contributed by atoms with van der Waals surface area (Å²) in [6.07, 6.45) is 0.393. The molecule has 0 atom stereocenters. The van der Waals surface area contributed by atoms with Crippen LogP contribution in [-0.2, 0) is 14.8 Å². The molecule has 0 bridgehead atoms. The molecule has 0 aliphatic heterocycles. The number of benzene rings is 1. The lowest BCUT2D eigenvalue weighted by Gasteiger charge is -2.11. The van der Waals surface area contributed by atoms with Crippen LogP contribution >= 0.6 is 15.9 Å². The minimum absolute atomic E-state index is 0.0576. The number of sulfonamides is 1. The van der Waals surface area contributed by atoms with E-state index in [1.165, 1.54) is 13.2 Å². The fraction of sp³-hybridized carbons (Fsp3) is 0.455. The van der Waals surface area contributed by atoms with E-state index in [0.717, 1.165) is 6.07 Å². The summed E-state index contributed by atoms with van der Waals surface area (Å²) < 4.78 is 44.2. The number of hydrogen-bond acceptors (Lipinski definition) is 3. The van der Waals surface area contributed by atoms with Crippen LogP contribution < -0.4 is 4.72 Å². The lowest BCUT2D eigenvalue weighted by Crippen LogP contribution is -2.18. The summed E-state index contributed by atoms with van der Waals surface area (Å²) in [5.41, 5.74) is 0.909. The van der Waals surface area contributed by atoms with Crippen LogP contribution in [0.25, 0.3) is 0 Å². The van der Waals surface area contributed by atoms with Crippen LogP contribution in [0.1, 0.15) is 12.0 Å². The molecule has 7 heteroatoms. The zero-order chi connectivity index (χ0) is 13.8. The molecule has 0 spiro atoms. The predicted molar refractivity (Wildman–Crippen MR) is 72.7 cm³/mol. The highest BCUT2D eigenvalue weighted by Crippen LogP contribution is 2.24. The molecule has 102 valence electrons. The van der Waals surface area contributed by atoms with E-state index in [4.69, 9.17) is 4.74 Å². The van der Waals surface area contributed by atoms with Crippen molar-refractivity contribution in [3.05, 3.63) is 28.0 Å². The highest BCUT2D eigenvalue weighted by atomic mass is 79.9. The van der Waals surface area contributed by atoms with E-state index in [1.54, 1.807) is 6.92 Å². The summed E-state index contributed by atoms with van der Waals surface area (Å²) in [4.78, 5) is 0. The fourth-order valence-corrected chi connectivity index (χ4v) is 2.98. The molecule has 0 unspecified atom stereocenters. The quantitative estimate of drug-likeness (QED) is 0.810. The Hall–Kier alpha value is -0.660. The molecule has 1 aromatic rings. The third-order valence-corrected chi connectivity index (χ3v) is 4.26. The number of ether oxygens (including phenoxy) is 1. The largest absolute Gasteiger partial charge is 0.385 e. The number of methoxy groups -OCH3 is 1. The van der Waals surface area contributed by atoms with Crippen LogP contribution in [0, 0.1) is 12.7 Å². The van der Waals surface area contributed by atoms with Crippen molar-refractivity contribution in [3.63, 3.8) is 0 Å². The van der Waals surface area contributed by atoms with Gasteiger partial charge in [-0.1, -0.05) is 0 Å². The second-order valence-electron chi connectivity index (χ2n) is 3.85. The molecule has 0 aliphatic carbocycles. The summed E-state index contributed by atoms with van der Waals surface area (Å²) >= 11 is 3.04. The molecule has 0 saturated carbocycles. The van der Waals surface area contributed by atoms with Gasteiger partial charge in [0.25, 0.3) is 0 Å². The SMILES string of the molecule is COCCCS(=O)(=O)Nc1cc(F)c(Br)cc1C. The molecular formula is C11H15BrFNO3S. The Labute approximate surface area is 115 Å². The highest BCUT2D eigenvalue weighted by molar-refractivity contribution is 9.10. The van der Waals surface area contributed by atoms with Crippen molar-refractivity contribution in [2.24, 2.45) is 0 Å². The zero-order valence-corrected chi connectivity index (χ0v) is 12.6. The molecule has 0 amide bonds. The number of anilines is 1. The third-order valence-electron chi connectivity index (χ3n) is 2.29. The van der Waals surface area contributed by atoms with Gasteiger partial charge in [-0.05, 0) is 47.0 Å². The smallest absolute Gasteiger partial charge is 0.232 e. The highest BCUT2D eigenvalue weighted by Gasteiger charge is 2.13. The van der Waals surface area contributed by atoms with Gasteiger partial charge in [-0.3, -0.25) is 4.72 Å². The van der Waals surface area contributed by atoms with Gasteiger partial charge in [0, 0.05) is 13.7 Å². The second kappa shape index (κ2) is 6.49. The number of hydrogen-bond donors (Lipinski definition) is 1. The Bertz CT molecular complexity index is 519. The summed E-state index contributed by atoms with van der Waals surface area (Å²) in [5.74, 6) is -0.562. The number of rotatable bonds is 6. The maximum atomic E-state index is 13.3. The van der Waals surface area contributed by atoms with E-state index in [1.807, 2.05) is 0 Å². The molecule has 18 heavy (non-hydrogen) atoms. The lowest BCUT2D eigenvalue weighted by atomic mass is 10.2. The molecule has 4 nitrogen and oxygen atoms in total. The minimum atomic E-state index is -3.47. The van der Waals surface area contributed by atoms with Gasteiger partial charge in [0.2, 0.25) is 10.0 Å². The average molecular weight is 340 g/mol. The van der Waals surface area contributed by atoms with Gasteiger partial charge >= 0.3 is 0 Å². The van der Waals surface area contributed by atoms with Gasteiger partial charge in [0.05, 0.1) is 15.9 Å². The van der Waals surface area contributed by atoms with Crippen molar-refractivity contribution in [1.29, 1.82) is 0 Å². The molecule has 1 rings (SSSR count). The molecule has 0 heterocycles. The van der Waals surface area contributed by atoms with Crippen molar-refractivity contribution in [2.75, 3.05) is 24.2 Å². The second-order valence-corrected chi connectivity index (χ2v) is 6.54. The standard InChI is InChI=1S/C11H15BrFNO3S/c1-8-6-9(12)10(13)7-11(8)14-18(15,16)5-3-4-17-2/h6-7,14H,3-5H2,1-2H3. The van der Waals surface area contributed by atoms with Crippen LogP contribution in [0.5, 0.6) is 0 Å². The lowest BCUT2D eigenvalue weighted by molar-refractivity contribution is 0.199. The average Bonchev–Trinajstić information content (AvgIpc) is 2.26. The first-order valence-corrected chi connectivity index (χ1v) is 7.75. The van der Waals surface area contributed by atoms with Gasteiger partial charge in [0.1, 0.15) is 5.82 Å². The van der Waals surface area contributed by atoms with Gasteiger partial charge in [-0.25, -0.2) is 12.8 Å². The van der Waals surface area contributed by atoms with Crippen molar-refractivity contribution >= 4 is 31.6 Å². The molecule has 0 aromatic heterocycles. The van der Waals surface area contributed by atoms with Crippen LogP contribution in [0.15, 0.2) is 16.6 Å². The first-order valence-electron chi connectivity index (χ1n) is 5.31. The maximum Gasteiger partial charge on any atom is 0.232 e. The van der Waals surface area contributed by atoms with E-state index in [-0.39, 0.29) is 11.4 Å². The van der Waals surface area contributed by atoms with Crippen LogP contribution in [-0.4, -0.2) is 27.9 Å². The summed E-state index contributed by atoms with van der Waals surface area (Å²) in [6.45, 7) is 2.08. The number of aryl methyl sites for hydroxylation is 1. The topological polar surface area (TPSA) is 55.4 Å². The fourth-order valence-electron chi connectivity index (χ4n) is 1.37. The zero-order valence-electron chi connectivity index (χ0n) is 10.2. The third kappa shape index (κ3) is 4.55. The van der Waals surface area contributed by atoms with Gasteiger partial charge in [-0.15, -0.1) is 0 Å². The van der Waals surface area contributed by atoms with E-state index >= 15 is 0 Å². The van der Waals surface area contributed by atoms with Crippen LogP contribution in [0.2, 0.25) is 0 Å². The van der Waals surface area contributed by atoms with Gasteiger partial charge in [0.15, 0.2) is 0 Å². The normalized spacial score (nSPS) is 11.6. The predicted octanol–water partition coefficient (Wildman–Crippen LogP) is 2.67. The van der Waals surface area contributed by atoms with E-state index in [9.17, 15) is 12.8 Å². The number of nitrogens with one attached hydrogen (secondary N) is 1. The molecule has 0 radical (unpaired) electrons. The molecule has 1 aromatic carbocycles. The molecule has 0 fully saturated rings. The van der Waals surface area contributed by atoms with Crippen LogP contribution in [0.3, 0.4) is 0 Å². The van der Waals surface area contributed by atoms with Crippen molar-refractivity contribution in [1.82, 2.24) is 0 Å². The molecule has 0 aliphatic rings. The Morgan fingerprint density at radius 3 is 2.72 bits per heavy atom. The van der Waals surface area contributed by atoms with Crippen molar-refractivity contribution in [3.8, 4) is 0 Å². The van der Waals surface area contributed by atoms with Crippen molar-refractivity contribution in [2.45, 2.75) is 13.3 Å². The summed E-state index contributed by atoms with van der Waals surface area (Å²) in [7, 11) is -1.96. The first kappa shape index (κ1) is 15.4. The Morgan fingerprint density at radius 2 is 2.11 bits per heavy atom. The molecular weight excluding hydrogens is 325 g/mol. The summed E-state index contributed by atoms with van der Waals surface area (Å²) in [6, 6.07) is 2.69. The first-order chi connectivity index (χ1) is 8.35. The van der Waals surface area contributed by atoms with Crippen molar-refractivity contribution < 1.29 is 17.5 Å². The van der Waals surface area contributed by atoms with E-state index in [0.29, 0.717) is 23.1 Å². The minimum Gasteiger partial charge on any atom is -0.385 e. The van der Waals surface area contributed by atoms with E-state index < -0.39 is 15.8 Å². The molecule has 1 N–H and O–H groups in total. The van der Waals surface area contributed by atoms with Gasteiger partial charge in [-0.2, -0.15) is 0 Å². The molecule has 0 saturated heterocycles. The maximum absolute atomic E-state index is 13.3. The monoisotopic (exact) mass is 339 g/mol. The Morgan fingerprint density at radius 1 is 1.44 bits per heavy atom. The Balaban J connectivity index is 2.81. The Kier molecular flexibility index (Phi) is 5.55.